The molecule has 2 fully saturated rings. The molecular formula is C45H56N2O5. The first kappa shape index (κ1) is 35.6. The third kappa shape index (κ3) is 4.32. The second-order valence-electron chi connectivity index (χ2n) is 19.4. The van der Waals surface area contributed by atoms with Gasteiger partial charge in [0, 0.05) is 33.4 Å². The number of fused-ring (bicyclic) bond motifs is 11. The zero-order valence-corrected chi connectivity index (χ0v) is 32.7. The molecule has 4 aliphatic carbocycles. The smallest absolute Gasteiger partial charge is 0.244 e. The van der Waals surface area contributed by atoms with Crippen LogP contribution in [0.4, 0.5) is 0 Å². The highest BCUT2D eigenvalue weighted by Crippen LogP contribution is 2.71. The van der Waals surface area contributed by atoms with Gasteiger partial charge < -0.3 is 24.8 Å². The second-order valence-corrected chi connectivity index (χ2v) is 19.4. The number of aromatic nitrogens is 1. The second kappa shape index (κ2) is 10.6. The summed E-state index contributed by atoms with van der Waals surface area (Å²) >= 11 is 0. The van der Waals surface area contributed by atoms with E-state index in [9.17, 15) is 19.8 Å². The number of ether oxygens (including phenoxy) is 1. The molecule has 2 saturated carbocycles. The fourth-order valence-corrected chi connectivity index (χ4v) is 12.7. The maximum atomic E-state index is 14.9. The van der Waals surface area contributed by atoms with Gasteiger partial charge in [-0.15, -0.1) is 6.42 Å². The lowest BCUT2D eigenvalue weighted by Crippen LogP contribution is -2.62. The summed E-state index contributed by atoms with van der Waals surface area (Å²) in [5, 5.41) is 27.9. The van der Waals surface area contributed by atoms with Crippen molar-refractivity contribution in [1.29, 1.82) is 0 Å². The van der Waals surface area contributed by atoms with Crippen LogP contribution in [0.2, 0.25) is 0 Å². The molecule has 0 spiro atoms. The van der Waals surface area contributed by atoms with Gasteiger partial charge >= 0.3 is 0 Å². The van der Waals surface area contributed by atoms with Crippen molar-refractivity contribution in [2.24, 2.45) is 28.6 Å². The molecule has 2 aromatic rings. The number of Topliss-reactive ketones (excluding diaryl/α,β-unsaturated/α-hetero) is 1. The van der Waals surface area contributed by atoms with Crippen molar-refractivity contribution in [3.05, 3.63) is 64.4 Å². The third-order valence-corrected chi connectivity index (χ3v) is 15.0. The Morgan fingerprint density at radius 2 is 1.83 bits per heavy atom. The monoisotopic (exact) mass is 704 g/mol. The number of carbonyl (C=O) groups is 2. The minimum Gasteiger partial charge on any atom is -0.392 e. The maximum Gasteiger partial charge on any atom is 0.244 e. The first-order valence-electron chi connectivity index (χ1n) is 19.3. The van der Waals surface area contributed by atoms with Crippen LogP contribution >= 0.6 is 0 Å². The summed E-state index contributed by atoms with van der Waals surface area (Å²) in [7, 11) is 0. The zero-order valence-electron chi connectivity index (χ0n) is 32.7. The Hall–Kier alpha value is -3.44. The predicted octanol–water partition coefficient (Wildman–Crippen LogP) is 7.68. The van der Waals surface area contributed by atoms with Gasteiger partial charge in [0.25, 0.3) is 0 Å². The van der Waals surface area contributed by atoms with E-state index in [0.29, 0.717) is 17.9 Å². The van der Waals surface area contributed by atoms with Crippen molar-refractivity contribution in [3.63, 3.8) is 0 Å². The molecule has 6 aliphatic rings. The number of nitrogens with one attached hydrogen (secondary N) is 1. The van der Waals surface area contributed by atoms with Crippen molar-refractivity contribution in [3.8, 4) is 12.3 Å². The molecular weight excluding hydrogens is 649 g/mol. The molecule has 0 saturated heterocycles. The van der Waals surface area contributed by atoms with Crippen molar-refractivity contribution in [2.45, 2.75) is 142 Å². The van der Waals surface area contributed by atoms with Gasteiger partial charge in [-0.2, -0.15) is 0 Å². The number of hydrogen-bond acceptors (Lipinski definition) is 5. The highest BCUT2D eigenvalue weighted by molar-refractivity contribution is 6.18. The molecule has 2 aliphatic heterocycles. The van der Waals surface area contributed by atoms with E-state index in [0.717, 1.165) is 58.9 Å². The molecule has 7 heteroatoms. The Balaban J connectivity index is 1.32. The molecule has 1 aromatic heterocycles. The number of hydrogen-bond donors (Lipinski definition) is 3. The van der Waals surface area contributed by atoms with Crippen molar-refractivity contribution in [2.75, 3.05) is 0 Å². The number of nitrogens with zero attached hydrogens (tertiary/aromatic N) is 1. The third-order valence-electron chi connectivity index (χ3n) is 15.0. The quantitative estimate of drug-likeness (QED) is 0.172. The Labute approximate surface area is 309 Å². The van der Waals surface area contributed by atoms with Gasteiger partial charge in [0.1, 0.15) is 6.04 Å². The number of aliphatic hydroxyl groups is 2. The number of terminal acetylenes is 1. The minimum absolute atomic E-state index is 0.0146. The topological polar surface area (TPSA) is 101 Å². The van der Waals surface area contributed by atoms with Gasteiger partial charge in [-0.05, 0) is 133 Å². The summed E-state index contributed by atoms with van der Waals surface area (Å²) < 4.78 is 8.86. The number of amides is 1. The van der Waals surface area contributed by atoms with E-state index >= 15 is 0 Å². The van der Waals surface area contributed by atoms with Crippen LogP contribution < -0.4 is 5.32 Å². The first-order valence-corrected chi connectivity index (χ1v) is 19.3. The molecule has 0 bridgehead atoms. The maximum absolute atomic E-state index is 14.9. The number of ketones is 1. The Bertz CT molecular complexity index is 2100. The highest BCUT2D eigenvalue weighted by atomic mass is 16.5. The van der Waals surface area contributed by atoms with Crippen LogP contribution in [0.25, 0.3) is 16.5 Å². The van der Waals surface area contributed by atoms with Gasteiger partial charge in [-0.25, -0.2) is 0 Å². The van der Waals surface area contributed by atoms with E-state index < -0.39 is 40.4 Å². The molecule has 3 heterocycles. The summed E-state index contributed by atoms with van der Waals surface area (Å²) in [6, 6.07) is 1.73. The molecule has 2 unspecified atom stereocenters. The van der Waals surface area contributed by atoms with Crippen LogP contribution in [0.15, 0.2) is 36.4 Å². The molecule has 1 aromatic carbocycles. The van der Waals surface area contributed by atoms with Gasteiger partial charge in [0.05, 0.1) is 40.0 Å². The van der Waals surface area contributed by atoms with Crippen molar-refractivity contribution in [1.82, 2.24) is 9.88 Å². The Kier molecular flexibility index (Phi) is 7.26. The highest BCUT2D eigenvalue weighted by Gasteiger charge is 2.68. The van der Waals surface area contributed by atoms with Gasteiger partial charge in [-0.1, -0.05) is 44.9 Å². The van der Waals surface area contributed by atoms with Crippen LogP contribution in [0, 0.1) is 40.9 Å². The van der Waals surface area contributed by atoms with Gasteiger partial charge in [-0.3, -0.25) is 9.59 Å². The number of aliphatic hydroxyl groups excluding tert-OH is 2. The molecule has 9 atom stereocenters. The van der Waals surface area contributed by atoms with Crippen LogP contribution in [0.3, 0.4) is 0 Å². The normalized spacial score (nSPS) is 37.9. The van der Waals surface area contributed by atoms with Crippen LogP contribution in [0.5, 0.6) is 0 Å². The summed E-state index contributed by atoms with van der Waals surface area (Å²) in [6.07, 6.45) is 14.1. The van der Waals surface area contributed by atoms with E-state index in [1.807, 2.05) is 26.8 Å². The van der Waals surface area contributed by atoms with E-state index in [1.54, 1.807) is 19.9 Å². The number of allylic oxidation sites excluding steroid dienone is 1. The lowest BCUT2D eigenvalue weighted by molar-refractivity contribution is -0.145. The number of rotatable bonds is 4. The number of carbonyl (C=O) groups excluding carboxylic acids is 2. The average molecular weight is 705 g/mol. The van der Waals surface area contributed by atoms with Crippen LogP contribution in [-0.2, 0) is 21.4 Å². The lowest BCUT2D eigenvalue weighted by atomic mass is 9.40. The van der Waals surface area contributed by atoms with Crippen LogP contribution in [-0.4, -0.2) is 49.3 Å². The number of benzene rings is 1. The average Bonchev–Trinajstić information content (AvgIpc) is 3.70. The van der Waals surface area contributed by atoms with Crippen molar-refractivity contribution < 1.29 is 24.5 Å². The molecule has 52 heavy (non-hydrogen) atoms. The lowest BCUT2D eigenvalue weighted by Gasteiger charge is -2.64. The Morgan fingerprint density at radius 3 is 2.48 bits per heavy atom. The Morgan fingerprint density at radius 1 is 1.13 bits per heavy atom. The van der Waals surface area contributed by atoms with E-state index in [-0.39, 0.29) is 34.4 Å². The predicted molar refractivity (Wildman–Crippen MR) is 205 cm³/mol. The largest absolute Gasteiger partial charge is 0.392 e. The SMILES string of the molecule is C#CC(C)(C)NC(=O)/C=C/[C@]1(C)[C@@H](O)CC[C@@]2(C)[C@H]1CCC1Cc3c(n4c5c(c6c(cc35)C3=CC(C)(C)OC(C)(C)C3[C@@H]6O)C(=O)[C@@H]4C(=C)C)[C@@]12C. The van der Waals surface area contributed by atoms with E-state index in [1.165, 1.54) is 11.3 Å². The van der Waals surface area contributed by atoms with Gasteiger partial charge in [0.15, 0.2) is 5.78 Å². The fraction of sp³-hybridized carbons (Fsp3) is 0.600. The molecule has 3 N–H and O–H groups in total. The van der Waals surface area contributed by atoms with Gasteiger partial charge in [0.2, 0.25) is 5.91 Å². The molecule has 0 radical (unpaired) electrons. The first-order chi connectivity index (χ1) is 24.0. The minimum atomic E-state index is -0.867. The molecule has 1 amide bonds. The van der Waals surface area contributed by atoms with E-state index in [2.05, 4.69) is 69.1 Å². The molecule has 276 valence electrons. The fourth-order valence-electron chi connectivity index (χ4n) is 12.7. The molecule has 7 nitrogen and oxygen atoms in total. The summed E-state index contributed by atoms with van der Waals surface area (Å²) in [5.74, 6) is 2.53. The summed E-state index contributed by atoms with van der Waals surface area (Å²) in [5.41, 5.74) is 4.55. The van der Waals surface area contributed by atoms with E-state index in [4.69, 9.17) is 11.2 Å². The zero-order chi connectivity index (χ0) is 37.9. The van der Waals surface area contributed by atoms with Crippen molar-refractivity contribution >= 4 is 28.2 Å². The standard InChI is InChI=1S/C45H56N2O5/c1-13-40(4,5)46-31(49)17-18-43(10)29-15-14-24-20-27-26-21-25-28-22-41(6,7)52-42(8,9)34(28)37(50)32(25)33-36(26)47(35(23(2)3)38(33)51)39(27)45(24,12)44(29,11)19-16-30(43)48/h1,17-18,21-22,24,29-30,34-35,37,48,50H,2,14-16,19-20H2,3-12H3,(H,46,49)/b18-17+/t24?,29-,30-,34?,35-,37+,43-,44-,45+/m0/s1. The summed E-state index contributed by atoms with van der Waals surface area (Å²) in [6.45, 7) is 25.1. The molecule has 8 rings (SSSR count). The van der Waals surface area contributed by atoms with Crippen LogP contribution in [0.1, 0.15) is 140 Å². The summed E-state index contributed by atoms with van der Waals surface area (Å²) in [4.78, 5) is 28.0.